The molecule has 0 amide bonds. The Bertz CT molecular complexity index is 211. The minimum absolute atomic E-state index is 0.327. The molecule has 0 fully saturated rings. The molecule has 116 valence electrons. The molecular weight excluding hydrogens is 259 g/mol. The molecule has 0 spiro atoms. The highest BCUT2D eigenvalue weighted by atomic mass is 31.2. The molecule has 0 aliphatic heterocycles. The minimum Gasteiger partial charge on any atom is -0.324 e. The normalized spacial score (nSPS) is 14.5. The van der Waals surface area contributed by atoms with Crippen molar-refractivity contribution in [1.29, 1.82) is 0 Å². The van der Waals surface area contributed by atoms with Gasteiger partial charge in [-0.1, -0.05) is 71.6 Å². The minimum atomic E-state index is -3.30. The smallest absolute Gasteiger partial charge is 0.324 e. The van der Waals surface area contributed by atoms with Crippen LogP contribution in [-0.2, 0) is 9.09 Å². The van der Waals surface area contributed by atoms with Gasteiger partial charge in [0.1, 0.15) is 0 Å². The molecule has 0 rings (SSSR count). The van der Waals surface area contributed by atoms with Crippen molar-refractivity contribution in [3.05, 3.63) is 0 Å². The first-order chi connectivity index (χ1) is 9.12. The van der Waals surface area contributed by atoms with Crippen molar-refractivity contribution < 1.29 is 14.0 Å². The Morgan fingerprint density at radius 2 is 1.26 bits per heavy atom. The van der Waals surface area contributed by atoms with Crippen LogP contribution < -0.4 is 0 Å². The van der Waals surface area contributed by atoms with Gasteiger partial charge in [0.2, 0.25) is 0 Å². The summed E-state index contributed by atoms with van der Waals surface area (Å²) < 4.78 is 16.9. The SMILES string of the molecule is CCCCCCCCP(=O)(O)OCCCCCCC. The van der Waals surface area contributed by atoms with Crippen molar-refractivity contribution in [3.8, 4) is 0 Å². The van der Waals surface area contributed by atoms with E-state index < -0.39 is 7.60 Å². The zero-order valence-corrected chi connectivity index (χ0v) is 13.8. The van der Waals surface area contributed by atoms with Crippen molar-refractivity contribution in [1.82, 2.24) is 0 Å². The van der Waals surface area contributed by atoms with Crippen LogP contribution in [0.1, 0.15) is 84.5 Å². The maximum Gasteiger partial charge on any atom is 0.328 e. The van der Waals surface area contributed by atoms with Crippen LogP contribution in [0.4, 0.5) is 0 Å². The fourth-order valence-electron chi connectivity index (χ4n) is 2.07. The second-order valence-corrected chi connectivity index (χ2v) is 7.36. The van der Waals surface area contributed by atoms with Crippen molar-refractivity contribution in [2.75, 3.05) is 12.8 Å². The van der Waals surface area contributed by atoms with Gasteiger partial charge >= 0.3 is 7.60 Å². The van der Waals surface area contributed by atoms with Gasteiger partial charge in [-0.25, -0.2) is 0 Å². The topological polar surface area (TPSA) is 46.5 Å². The maximum absolute atomic E-state index is 11.7. The quantitative estimate of drug-likeness (QED) is 0.339. The first-order valence-corrected chi connectivity index (χ1v) is 9.85. The molecule has 1 N–H and O–H groups in total. The summed E-state index contributed by atoms with van der Waals surface area (Å²) >= 11 is 0. The van der Waals surface area contributed by atoms with Gasteiger partial charge in [0.25, 0.3) is 0 Å². The molecule has 0 saturated carbocycles. The highest BCUT2D eigenvalue weighted by Gasteiger charge is 2.17. The molecule has 0 aromatic heterocycles. The van der Waals surface area contributed by atoms with Crippen molar-refractivity contribution >= 4 is 7.60 Å². The summed E-state index contributed by atoms with van der Waals surface area (Å²) in [5.41, 5.74) is 0. The summed E-state index contributed by atoms with van der Waals surface area (Å²) in [6, 6.07) is 0. The lowest BCUT2D eigenvalue weighted by atomic mass is 10.1. The zero-order chi connectivity index (χ0) is 14.4. The van der Waals surface area contributed by atoms with Gasteiger partial charge in [-0.2, -0.15) is 0 Å². The lowest BCUT2D eigenvalue weighted by Gasteiger charge is -2.12. The van der Waals surface area contributed by atoms with Crippen molar-refractivity contribution in [3.63, 3.8) is 0 Å². The van der Waals surface area contributed by atoms with Crippen molar-refractivity contribution in [2.24, 2.45) is 0 Å². The van der Waals surface area contributed by atoms with E-state index in [-0.39, 0.29) is 0 Å². The van der Waals surface area contributed by atoms with E-state index in [0.29, 0.717) is 12.8 Å². The largest absolute Gasteiger partial charge is 0.328 e. The van der Waals surface area contributed by atoms with E-state index in [0.717, 1.165) is 25.7 Å². The molecule has 0 bridgehead atoms. The Kier molecular flexibility index (Phi) is 13.3. The molecule has 0 aliphatic rings. The van der Waals surface area contributed by atoms with Gasteiger partial charge in [0, 0.05) is 6.16 Å². The molecule has 19 heavy (non-hydrogen) atoms. The van der Waals surface area contributed by atoms with Crippen LogP contribution in [0.25, 0.3) is 0 Å². The summed E-state index contributed by atoms with van der Waals surface area (Å²) in [7, 11) is -3.30. The van der Waals surface area contributed by atoms with Crippen molar-refractivity contribution in [2.45, 2.75) is 84.5 Å². The highest BCUT2D eigenvalue weighted by Crippen LogP contribution is 2.43. The predicted molar refractivity (Wildman–Crippen MR) is 82.8 cm³/mol. The third kappa shape index (κ3) is 14.4. The Morgan fingerprint density at radius 1 is 0.789 bits per heavy atom. The maximum atomic E-state index is 11.7. The summed E-state index contributed by atoms with van der Waals surface area (Å²) in [6.45, 7) is 4.81. The van der Waals surface area contributed by atoms with E-state index in [4.69, 9.17) is 4.52 Å². The number of hydrogen-bond acceptors (Lipinski definition) is 2. The van der Waals surface area contributed by atoms with Crippen LogP contribution in [0.2, 0.25) is 0 Å². The fraction of sp³-hybridized carbons (Fsp3) is 1.00. The van der Waals surface area contributed by atoms with Gasteiger partial charge < -0.3 is 9.42 Å². The van der Waals surface area contributed by atoms with Gasteiger partial charge in [0.05, 0.1) is 6.61 Å². The molecule has 1 unspecified atom stereocenters. The van der Waals surface area contributed by atoms with Crippen LogP contribution in [0.15, 0.2) is 0 Å². The van der Waals surface area contributed by atoms with Crippen LogP contribution in [0.5, 0.6) is 0 Å². The molecule has 0 aromatic carbocycles. The van der Waals surface area contributed by atoms with Gasteiger partial charge in [-0.15, -0.1) is 0 Å². The molecule has 3 nitrogen and oxygen atoms in total. The van der Waals surface area contributed by atoms with Crippen LogP contribution in [0.3, 0.4) is 0 Å². The summed E-state index contributed by atoms with van der Waals surface area (Å²) in [4.78, 5) is 9.65. The lowest BCUT2D eigenvalue weighted by molar-refractivity contribution is 0.252. The highest BCUT2D eigenvalue weighted by molar-refractivity contribution is 7.52. The van der Waals surface area contributed by atoms with Gasteiger partial charge in [0.15, 0.2) is 0 Å². The fourth-order valence-corrected chi connectivity index (χ4v) is 3.24. The van der Waals surface area contributed by atoms with E-state index in [1.54, 1.807) is 0 Å². The van der Waals surface area contributed by atoms with E-state index in [1.807, 2.05) is 0 Å². The van der Waals surface area contributed by atoms with E-state index in [1.165, 1.54) is 44.9 Å². The van der Waals surface area contributed by atoms with E-state index >= 15 is 0 Å². The molecule has 1 atom stereocenters. The standard InChI is InChI=1S/C15H33O3P/c1-3-5-7-9-11-13-15-19(16,17)18-14-12-10-8-6-4-2/h3-15H2,1-2H3,(H,16,17). The molecule has 0 saturated heterocycles. The van der Waals surface area contributed by atoms with E-state index in [9.17, 15) is 9.46 Å². The number of rotatable bonds is 14. The van der Waals surface area contributed by atoms with Crippen LogP contribution >= 0.6 is 7.60 Å². The zero-order valence-electron chi connectivity index (χ0n) is 12.9. The predicted octanol–water partition coefficient (Wildman–Crippen LogP) is 5.52. The Hall–Kier alpha value is 0.150. The Morgan fingerprint density at radius 3 is 1.84 bits per heavy atom. The first-order valence-electron chi connectivity index (χ1n) is 8.08. The molecule has 0 aromatic rings. The van der Waals surface area contributed by atoms with Gasteiger partial charge in [-0.3, -0.25) is 4.57 Å². The second kappa shape index (κ2) is 13.1. The monoisotopic (exact) mass is 292 g/mol. The van der Waals surface area contributed by atoms with Crippen LogP contribution in [0, 0.1) is 0 Å². The summed E-state index contributed by atoms with van der Waals surface area (Å²) in [5.74, 6) is 0. The average molecular weight is 292 g/mol. The molecular formula is C15H33O3P. The number of unbranched alkanes of at least 4 members (excludes halogenated alkanes) is 9. The molecule has 4 heteroatoms. The Balaban J connectivity index is 3.39. The molecule has 0 radical (unpaired) electrons. The van der Waals surface area contributed by atoms with Crippen LogP contribution in [-0.4, -0.2) is 17.7 Å². The van der Waals surface area contributed by atoms with E-state index in [2.05, 4.69) is 13.8 Å². The average Bonchev–Trinajstić information content (AvgIpc) is 2.38. The first kappa shape index (κ1) is 19.1. The second-order valence-electron chi connectivity index (χ2n) is 5.38. The van der Waals surface area contributed by atoms with Gasteiger partial charge in [-0.05, 0) is 12.8 Å². The third-order valence-corrected chi connectivity index (χ3v) is 4.80. The summed E-state index contributed by atoms with van der Waals surface area (Å²) in [5, 5.41) is 0. The molecule has 0 heterocycles. The number of hydrogen-bond donors (Lipinski definition) is 1. The third-order valence-electron chi connectivity index (χ3n) is 3.34. The Labute approximate surface area is 119 Å². The summed E-state index contributed by atoms with van der Waals surface area (Å²) in [6.07, 6.45) is 12.8. The lowest BCUT2D eigenvalue weighted by Crippen LogP contribution is -1.97. The molecule has 0 aliphatic carbocycles.